The van der Waals surface area contributed by atoms with E-state index in [0.717, 1.165) is 17.9 Å². The number of pyridine rings is 1. The molecule has 1 atom stereocenters. The molecule has 1 heterocycles. The highest BCUT2D eigenvalue weighted by molar-refractivity contribution is 5.63. The van der Waals surface area contributed by atoms with Crippen LogP contribution in [0.25, 0.3) is 11.3 Å². The third-order valence-electron chi connectivity index (χ3n) is 4.08. The number of nitrogens with zero attached hydrogens (tertiary/aromatic N) is 1. The number of aryl methyl sites for hydroxylation is 1. The molecular weight excluding hydrogens is 280 g/mol. The first-order valence-electron chi connectivity index (χ1n) is 8.63. The van der Waals surface area contributed by atoms with Crippen LogP contribution >= 0.6 is 0 Å². The summed E-state index contributed by atoms with van der Waals surface area (Å²) >= 11 is 0. The van der Waals surface area contributed by atoms with Crippen LogP contribution in [0.3, 0.4) is 0 Å². The lowest BCUT2D eigenvalue weighted by Crippen LogP contribution is -2.27. The maximum Gasteiger partial charge on any atom is 0.130 e. The molecule has 0 aliphatic heterocycles. The van der Waals surface area contributed by atoms with Gasteiger partial charge in [-0.15, -0.1) is 0 Å². The molecule has 23 heavy (non-hydrogen) atoms. The van der Waals surface area contributed by atoms with Crippen LogP contribution in [0.2, 0.25) is 0 Å². The van der Waals surface area contributed by atoms with E-state index in [4.69, 9.17) is 4.98 Å². The predicted octanol–water partition coefficient (Wildman–Crippen LogP) is 5.86. The smallest absolute Gasteiger partial charge is 0.130 e. The molecule has 1 unspecified atom stereocenters. The van der Waals surface area contributed by atoms with Gasteiger partial charge in [0.25, 0.3) is 0 Å². The van der Waals surface area contributed by atoms with Gasteiger partial charge in [0, 0.05) is 11.1 Å². The van der Waals surface area contributed by atoms with Crippen LogP contribution in [0.4, 0.5) is 5.82 Å². The lowest BCUT2D eigenvalue weighted by Gasteiger charge is -2.24. The van der Waals surface area contributed by atoms with E-state index in [2.05, 4.69) is 83.3 Å². The maximum absolute atomic E-state index is 4.93. The number of hydrogen-bond donors (Lipinski definition) is 1. The molecular formula is C21H30N2. The summed E-state index contributed by atoms with van der Waals surface area (Å²) < 4.78 is 0. The Morgan fingerprint density at radius 2 is 1.70 bits per heavy atom. The van der Waals surface area contributed by atoms with Gasteiger partial charge < -0.3 is 5.32 Å². The van der Waals surface area contributed by atoms with E-state index in [-0.39, 0.29) is 5.54 Å². The summed E-state index contributed by atoms with van der Waals surface area (Å²) in [4.78, 5) is 4.93. The molecule has 1 aromatic heterocycles. The minimum Gasteiger partial charge on any atom is -0.365 e. The topological polar surface area (TPSA) is 24.9 Å². The number of aromatic nitrogens is 1. The monoisotopic (exact) mass is 310 g/mol. The van der Waals surface area contributed by atoms with Gasteiger partial charge in [0.2, 0.25) is 0 Å². The van der Waals surface area contributed by atoms with Crippen molar-refractivity contribution in [1.82, 2.24) is 4.98 Å². The van der Waals surface area contributed by atoms with E-state index >= 15 is 0 Å². The Kier molecular flexibility index (Phi) is 5.46. The van der Waals surface area contributed by atoms with Crippen molar-refractivity contribution in [3.05, 3.63) is 47.5 Å². The van der Waals surface area contributed by atoms with Crippen molar-refractivity contribution < 1.29 is 0 Å². The molecule has 0 amide bonds. The number of rotatable bonds is 5. The quantitative estimate of drug-likeness (QED) is 0.748. The Labute approximate surface area is 141 Å². The van der Waals surface area contributed by atoms with E-state index < -0.39 is 0 Å². The largest absolute Gasteiger partial charge is 0.365 e. The van der Waals surface area contributed by atoms with Gasteiger partial charge in [0.05, 0.1) is 5.69 Å². The Morgan fingerprint density at radius 1 is 1.04 bits per heavy atom. The summed E-state index contributed by atoms with van der Waals surface area (Å²) in [5.74, 6) is 1.69. The second kappa shape index (κ2) is 7.16. The summed E-state index contributed by atoms with van der Waals surface area (Å²) in [5.41, 5.74) is 4.79. The van der Waals surface area contributed by atoms with Gasteiger partial charge in [0.15, 0.2) is 0 Å². The second-order valence-corrected chi connectivity index (χ2v) is 7.66. The maximum atomic E-state index is 4.93. The molecule has 0 bridgehead atoms. The fourth-order valence-corrected chi connectivity index (χ4v) is 2.52. The molecule has 0 saturated heterocycles. The second-order valence-electron chi connectivity index (χ2n) is 7.66. The molecule has 2 heteroatoms. The molecule has 0 aliphatic rings. The van der Waals surface area contributed by atoms with Crippen LogP contribution in [0.5, 0.6) is 0 Å². The number of benzene rings is 1. The van der Waals surface area contributed by atoms with E-state index in [9.17, 15) is 0 Å². The van der Waals surface area contributed by atoms with Gasteiger partial charge in [-0.1, -0.05) is 56.2 Å². The Balaban J connectivity index is 2.39. The fraction of sp³-hybridized carbons (Fsp3) is 0.476. The number of nitrogens with one attached hydrogen (secondary N) is 1. The molecule has 2 rings (SSSR count). The third-order valence-corrected chi connectivity index (χ3v) is 4.08. The van der Waals surface area contributed by atoms with Gasteiger partial charge >= 0.3 is 0 Å². The van der Waals surface area contributed by atoms with E-state index in [1.165, 1.54) is 23.1 Å². The summed E-state index contributed by atoms with van der Waals surface area (Å²) in [7, 11) is 0. The van der Waals surface area contributed by atoms with Gasteiger partial charge in [-0.05, 0) is 51.7 Å². The van der Waals surface area contributed by atoms with E-state index in [0.29, 0.717) is 5.92 Å². The molecule has 2 aromatic rings. The zero-order chi connectivity index (χ0) is 17.0. The zero-order valence-corrected chi connectivity index (χ0v) is 15.4. The van der Waals surface area contributed by atoms with Crippen molar-refractivity contribution in [2.75, 3.05) is 5.32 Å². The van der Waals surface area contributed by atoms with Gasteiger partial charge in [-0.25, -0.2) is 4.98 Å². The average molecular weight is 310 g/mol. The van der Waals surface area contributed by atoms with Crippen LogP contribution in [0, 0.1) is 12.8 Å². The molecule has 2 nitrogen and oxygen atoms in total. The lowest BCUT2D eigenvalue weighted by molar-refractivity contribution is 0.557. The Hall–Kier alpha value is -1.83. The SMILES string of the molecule is CCC(C)Cc1ccc(-c2ccc(C)cc2)nc1NC(C)(C)C. The molecule has 124 valence electrons. The van der Waals surface area contributed by atoms with Crippen molar-refractivity contribution in [1.29, 1.82) is 0 Å². The summed E-state index contributed by atoms with van der Waals surface area (Å²) in [5, 5.41) is 3.59. The predicted molar refractivity (Wildman–Crippen MR) is 101 cm³/mol. The number of anilines is 1. The highest BCUT2D eigenvalue weighted by Gasteiger charge is 2.16. The normalized spacial score (nSPS) is 13.0. The minimum atomic E-state index is 0.00308. The Bertz CT molecular complexity index is 636. The molecule has 0 saturated carbocycles. The van der Waals surface area contributed by atoms with Crippen molar-refractivity contribution in [3.63, 3.8) is 0 Å². The molecule has 1 N–H and O–H groups in total. The van der Waals surface area contributed by atoms with Crippen LogP contribution in [-0.4, -0.2) is 10.5 Å². The molecule has 0 aliphatic carbocycles. The zero-order valence-electron chi connectivity index (χ0n) is 15.4. The summed E-state index contributed by atoms with van der Waals surface area (Å²) in [6, 6.07) is 13.0. The molecule has 1 aromatic carbocycles. The van der Waals surface area contributed by atoms with Gasteiger partial charge in [0.1, 0.15) is 5.82 Å². The van der Waals surface area contributed by atoms with Crippen LogP contribution < -0.4 is 5.32 Å². The van der Waals surface area contributed by atoms with Crippen molar-refractivity contribution in [2.45, 2.75) is 59.9 Å². The van der Waals surface area contributed by atoms with Crippen LogP contribution in [-0.2, 0) is 6.42 Å². The van der Waals surface area contributed by atoms with Gasteiger partial charge in [-0.3, -0.25) is 0 Å². The highest BCUT2D eigenvalue weighted by atomic mass is 15.0. The van der Waals surface area contributed by atoms with Crippen molar-refractivity contribution in [3.8, 4) is 11.3 Å². The third kappa shape index (κ3) is 5.09. The van der Waals surface area contributed by atoms with E-state index in [1.807, 2.05) is 0 Å². The highest BCUT2D eigenvalue weighted by Crippen LogP contribution is 2.26. The average Bonchev–Trinajstić information content (AvgIpc) is 2.48. The van der Waals surface area contributed by atoms with E-state index in [1.54, 1.807) is 0 Å². The number of hydrogen-bond acceptors (Lipinski definition) is 2. The molecule has 0 fully saturated rings. The van der Waals surface area contributed by atoms with Crippen LogP contribution in [0.15, 0.2) is 36.4 Å². The molecule has 0 spiro atoms. The van der Waals surface area contributed by atoms with Crippen molar-refractivity contribution in [2.24, 2.45) is 5.92 Å². The lowest BCUT2D eigenvalue weighted by atomic mass is 9.97. The first-order valence-corrected chi connectivity index (χ1v) is 8.63. The Morgan fingerprint density at radius 3 is 2.26 bits per heavy atom. The van der Waals surface area contributed by atoms with Crippen LogP contribution in [0.1, 0.15) is 52.2 Å². The first kappa shape index (κ1) is 17.5. The van der Waals surface area contributed by atoms with Crippen molar-refractivity contribution >= 4 is 5.82 Å². The summed E-state index contributed by atoms with van der Waals surface area (Å²) in [6.07, 6.45) is 2.25. The standard InChI is InChI=1S/C21H30N2/c1-7-15(2)14-18-12-13-19(17-10-8-16(3)9-11-17)22-20(18)23-21(4,5)6/h8-13,15H,7,14H2,1-6H3,(H,22,23). The van der Waals surface area contributed by atoms with Gasteiger partial charge in [-0.2, -0.15) is 0 Å². The summed E-state index contributed by atoms with van der Waals surface area (Å²) in [6.45, 7) is 13.2. The minimum absolute atomic E-state index is 0.00308. The molecule has 0 radical (unpaired) electrons. The fourth-order valence-electron chi connectivity index (χ4n) is 2.52. The first-order chi connectivity index (χ1) is 10.8.